The molecule has 0 saturated carbocycles. The second kappa shape index (κ2) is 5.89. The number of para-hydroxylation sites is 2. The van der Waals surface area contributed by atoms with E-state index in [4.69, 9.17) is 4.98 Å². The second-order valence-corrected chi connectivity index (χ2v) is 8.24. The number of rotatable bonds is 1. The van der Waals surface area contributed by atoms with E-state index in [1.807, 2.05) is 12.1 Å². The van der Waals surface area contributed by atoms with Crippen LogP contribution in [0.15, 0.2) is 24.3 Å². The van der Waals surface area contributed by atoms with Crippen molar-refractivity contribution in [3.8, 4) is 6.07 Å². The van der Waals surface area contributed by atoms with Gasteiger partial charge in [-0.1, -0.05) is 26.0 Å². The summed E-state index contributed by atoms with van der Waals surface area (Å²) < 4.78 is 2.26. The highest BCUT2D eigenvalue weighted by Gasteiger charge is 2.36. The topological polar surface area (TPSA) is 44.3 Å². The van der Waals surface area contributed by atoms with Crippen molar-refractivity contribution in [2.45, 2.75) is 39.5 Å². The van der Waals surface area contributed by atoms with E-state index in [9.17, 15) is 5.26 Å². The predicted molar refractivity (Wildman–Crippen MR) is 107 cm³/mol. The molecular weight excluding hydrogens is 344 g/mol. The first-order valence-electron chi connectivity index (χ1n) is 9.19. The summed E-state index contributed by atoms with van der Waals surface area (Å²) in [4.78, 5) is 7.37. The lowest BCUT2D eigenvalue weighted by molar-refractivity contribution is 0.392. The molecule has 2 aromatic heterocycles. The summed E-state index contributed by atoms with van der Waals surface area (Å²) in [6.07, 6.45) is 4.48. The summed E-state index contributed by atoms with van der Waals surface area (Å²) in [5.41, 5.74) is 6.52. The fraction of sp³-hybridized carbons (Fsp3) is 0.429. The molecule has 134 valence electrons. The lowest BCUT2D eigenvalue weighted by Crippen LogP contribution is -2.23. The van der Waals surface area contributed by atoms with Gasteiger partial charge in [-0.25, -0.2) is 4.98 Å². The van der Waals surface area contributed by atoms with Crippen LogP contribution in [0.3, 0.4) is 0 Å². The normalized spacial score (nSPS) is 18.1. The molecule has 0 radical (unpaired) electrons. The van der Waals surface area contributed by atoms with Gasteiger partial charge in [0.25, 0.3) is 0 Å². The zero-order valence-corrected chi connectivity index (χ0v) is 16.1. The molecule has 1 aliphatic carbocycles. The first-order chi connectivity index (χ1) is 12.1. The molecule has 0 N–H and O–H groups in total. The summed E-state index contributed by atoms with van der Waals surface area (Å²) >= 11 is 0. The van der Waals surface area contributed by atoms with E-state index in [1.165, 1.54) is 29.8 Å². The average molecular weight is 367 g/mol. The van der Waals surface area contributed by atoms with Crippen LogP contribution in [0.25, 0.3) is 16.7 Å². The molecule has 5 rings (SSSR count). The number of fused-ring (bicyclic) bond motifs is 4. The van der Waals surface area contributed by atoms with Crippen LogP contribution < -0.4 is 4.90 Å². The van der Waals surface area contributed by atoms with E-state index in [0.29, 0.717) is 0 Å². The van der Waals surface area contributed by atoms with E-state index in [1.54, 1.807) is 0 Å². The third kappa shape index (κ3) is 2.30. The molecule has 0 atom stereocenters. The highest BCUT2D eigenvalue weighted by Crippen LogP contribution is 2.45. The van der Waals surface area contributed by atoms with E-state index in [2.05, 4.69) is 41.4 Å². The standard InChI is InChI=1S/C21H22N4.ClH/c1-21(2)11-14-15(12-21)20(24-9-5-6-10-24)25-18-8-4-3-7-17(18)23-19(25)16(14)13-22;/h3-4,7-8H,5-6,9-12H2,1-2H3;1H. The Morgan fingerprint density at radius 3 is 2.50 bits per heavy atom. The first-order valence-corrected chi connectivity index (χ1v) is 9.19. The fourth-order valence-corrected chi connectivity index (χ4v) is 4.74. The summed E-state index contributed by atoms with van der Waals surface area (Å²) in [6, 6.07) is 10.7. The molecule has 1 saturated heterocycles. The van der Waals surface area contributed by atoms with E-state index in [0.717, 1.165) is 48.2 Å². The van der Waals surface area contributed by atoms with Crippen molar-refractivity contribution in [2.75, 3.05) is 18.0 Å². The van der Waals surface area contributed by atoms with E-state index >= 15 is 0 Å². The molecule has 0 unspecified atom stereocenters. The Morgan fingerprint density at radius 2 is 1.77 bits per heavy atom. The van der Waals surface area contributed by atoms with E-state index < -0.39 is 0 Å². The number of nitriles is 1. The summed E-state index contributed by atoms with van der Waals surface area (Å²) in [7, 11) is 0. The van der Waals surface area contributed by atoms with Crippen molar-refractivity contribution in [3.63, 3.8) is 0 Å². The van der Waals surface area contributed by atoms with Gasteiger partial charge in [-0.15, -0.1) is 12.4 Å². The van der Waals surface area contributed by atoms with Crippen molar-refractivity contribution in [3.05, 3.63) is 41.0 Å². The molecule has 3 aromatic rings. The van der Waals surface area contributed by atoms with Crippen LogP contribution in [-0.2, 0) is 12.8 Å². The van der Waals surface area contributed by atoms with Gasteiger partial charge in [-0.2, -0.15) is 5.26 Å². The maximum absolute atomic E-state index is 9.93. The molecule has 0 amide bonds. The highest BCUT2D eigenvalue weighted by molar-refractivity contribution is 5.87. The van der Waals surface area contributed by atoms with Gasteiger partial charge in [0, 0.05) is 13.1 Å². The quantitative estimate of drug-likeness (QED) is 0.636. The third-order valence-corrected chi connectivity index (χ3v) is 5.76. The van der Waals surface area contributed by atoms with E-state index in [-0.39, 0.29) is 17.8 Å². The van der Waals surface area contributed by atoms with Crippen LogP contribution in [0.2, 0.25) is 0 Å². The molecule has 0 bridgehead atoms. The lowest BCUT2D eigenvalue weighted by atomic mass is 9.90. The van der Waals surface area contributed by atoms with Crippen LogP contribution in [0.1, 0.15) is 43.4 Å². The Hall–Kier alpha value is -2.25. The minimum atomic E-state index is 0. The predicted octanol–water partition coefficient (Wildman–Crippen LogP) is 4.51. The minimum Gasteiger partial charge on any atom is -0.357 e. The van der Waals surface area contributed by atoms with Crippen LogP contribution in [-0.4, -0.2) is 22.5 Å². The van der Waals surface area contributed by atoms with Crippen molar-refractivity contribution in [1.29, 1.82) is 5.26 Å². The molecule has 3 heterocycles. The van der Waals surface area contributed by atoms with Gasteiger partial charge >= 0.3 is 0 Å². The van der Waals surface area contributed by atoms with Crippen LogP contribution >= 0.6 is 12.4 Å². The molecule has 4 nitrogen and oxygen atoms in total. The monoisotopic (exact) mass is 366 g/mol. The molecular formula is C21H23ClN4. The first kappa shape index (κ1) is 17.2. The number of aromatic nitrogens is 2. The minimum absolute atomic E-state index is 0. The van der Waals surface area contributed by atoms with Crippen LogP contribution in [0.5, 0.6) is 0 Å². The van der Waals surface area contributed by atoms with Gasteiger partial charge in [0.2, 0.25) is 0 Å². The molecule has 5 heteroatoms. The van der Waals surface area contributed by atoms with Gasteiger partial charge in [0.05, 0.1) is 16.6 Å². The van der Waals surface area contributed by atoms with Crippen molar-refractivity contribution in [1.82, 2.24) is 9.38 Å². The largest absolute Gasteiger partial charge is 0.357 e. The van der Waals surface area contributed by atoms with Crippen molar-refractivity contribution < 1.29 is 0 Å². The zero-order chi connectivity index (χ0) is 17.2. The lowest BCUT2D eigenvalue weighted by Gasteiger charge is -2.24. The molecule has 1 aliphatic heterocycles. The third-order valence-electron chi connectivity index (χ3n) is 5.76. The Labute approximate surface area is 159 Å². The smallest absolute Gasteiger partial charge is 0.157 e. The van der Waals surface area contributed by atoms with Gasteiger partial charge < -0.3 is 4.90 Å². The summed E-state index contributed by atoms with van der Waals surface area (Å²) in [5, 5.41) is 9.93. The summed E-state index contributed by atoms with van der Waals surface area (Å²) in [6.45, 7) is 6.81. The number of pyridine rings is 1. The van der Waals surface area contributed by atoms with Gasteiger partial charge in [0.1, 0.15) is 11.9 Å². The number of halogens is 1. The Kier molecular flexibility index (Phi) is 3.89. The zero-order valence-electron chi connectivity index (χ0n) is 15.2. The van der Waals surface area contributed by atoms with Crippen molar-refractivity contribution in [2.24, 2.45) is 5.41 Å². The van der Waals surface area contributed by atoms with Gasteiger partial charge in [-0.05, 0) is 54.4 Å². The number of hydrogen-bond acceptors (Lipinski definition) is 3. The Bertz CT molecular complexity index is 1050. The van der Waals surface area contributed by atoms with Crippen LogP contribution in [0.4, 0.5) is 5.82 Å². The Morgan fingerprint density at radius 1 is 1.08 bits per heavy atom. The SMILES string of the molecule is CC1(C)Cc2c(c(N3CCCC3)n3c(nc4ccccc43)c2C#N)C1.Cl. The number of nitrogens with zero attached hydrogens (tertiary/aromatic N) is 4. The second-order valence-electron chi connectivity index (χ2n) is 8.24. The number of anilines is 1. The maximum atomic E-state index is 9.93. The molecule has 1 fully saturated rings. The van der Waals surface area contributed by atoms with Gasteiger partial charge in [0.15, 0.2) is 5.65 Å². The molecule has 0 spiro atoms. The fourth-order valence-electron chi connectivity index (χ4n) is 4.74. The molecule has 2 aliphatic rings. The molecule has 1 aromatic carbocycles. The number of hydrogen-bond donors (Lipinski definition) is 0. The van der Waals surface area contributed by atoms with Crippen LogP contribution in [0, 0.1) is 16.7 Å². The molecule has 26 heavy (non-hydrogen) atoms. The summed E-state index contributed by atoms with van der Waals surface area (Å²) in [5.74, 6) is 1.29. The van der Waals surface area contributed by atoms with Gasteiger partial charge in [-0.3, -0.25) is 4.40 Å². The number of benzene rings is 1. The average Bonchev–Trinajstić information content (AvgIpc) is 3.28. The number of imidazole rings is 1. The van der Waals surface area contributed by atoms with Crippen molar-refractivity contribution >= 4 is 34.9 Å². The highest BCUT2D eigenvalue weighted by atomic mass is 35.5. The maximum Gasteiger partial charge on any atom is 0.157 e. The Balaban J connectivity index is 0.00000168.